The summed E-state index contributed by atoms with van der Waals surface area (Å²) in [6.45, 7) is 4.08. The molecule has 0 amide bonds. The molecule has 23 heavy (non-hydrogen) atoms. The Morgan fingerprint density at radius 2 is 2.13 bits per heavy atom. The summed E-state index contributed by atoms with van der Waals surface area (Å²) in [5.74, 6) is 1.67. The van der Waals surface area contributed by atoms with Crippen molar-refractivity contribution in [3.8, 4) is 0 Å². The van der Waals surface area contributed by atoms with Gasteiger partial charge in [0.15, 0.2) is 11.6 Å². The molecule has 0 fully saturated rings. The Morgan fingerprint density at radius 1 is 1.26 bits per heavy atom. The highest BCUT2D eigenvalue weighted by Gasteiger charge is 2.28. The highest BCUT2D eigenvalue weighted by Crippen LogP contribution is 2.32. The van der Waals surface area contributed by atoms with E-state index in [1.807, 2.05) is 13.0 Å². The van der Waals surface area contributed by atoms with Crippen molar-refractivity contribution < 1.29 is 4.79 Å². The third-order valence-electron chi connectivity index (χ3n) is 4.46. The molecule has 1 atom stereocenters. The summed E-state index contributed by atoms with van der Waals surface area (Å²) in [6, 6.07) is 8.38. The number of aryl methyl sites for hydroxylation is 2. The largest absolute Gasteiger partial charge is 0.294 e. The SMILES string of the molecule is CCc1nc2nc3c(cn2n1)C(=O)C[C@@H](c1cccc(C)c1)C3. The van der Waals surface area contributed by atoms with Gasteiger partial charge in [-0.2, -0.15) is 4.98 Å². The molecule has 1 aliphatic rings. The Labute approximate surface area is 134 Å². The molecule has 1 aromatic carbocycles. The van der Waals surface area contributed by atoms with Crippen LogP contribution in [0.3, 0.4) is 0 Å². The molecule has 0 radical (unpaired) electrons. The normalized spacial score (nSPS) is 17.5. The van der Waals surface area contributed by atoms with Crippen LogP contribution >= 0.6 is 0 Å². The lowest BCUT2D eigenvalue weighted by Gasteiger charge is -2.23. The van der Waals surface area contributed by atoms with E-state index in [0.29, 0.717) is 17.8 Å². The van der Waals surface area contributed by atoms with E-state index >= 15 is 0 Å². The van der Waals surface area contributed by atoms with Gasteiger partial charge in [0.2, 0.25) is 0 Å². The maximum absolute atomic E-state index is 12.6. The third kappa shape index (κ3) is 2.42. The lowest BCUT2D eigenvalue weighted by molar-refractivity contribution is 0.0962. The third-order valence-corrected chi connectivity index (χ3v) is 4.46. The van der Waals surface area contributed by atoms with E-state index in [2.05, 4.69) is 40.2 Å². The number of hydrogen-bond acceptors (Lipinski definition) is 4. The average Bonchev–Trinajstić information content (AvgIpc) is 2.95. The van der Waals surface area contributed by atoms with Crippen molar-refractivity contribution in [3.05, 3.63) is 58.7 Å². The summed E-state index contributed by atoms with van der Waals surface area (Å²) >= 11 is 0. The van der Waals surface area contributed by atoms with Crippen LogP contribution < -0.4 is 0 Å². The van der Waals surface area contributed by atoms with Crippen molar-refractivity contribution in [2.24, 2.45) is 0 Å². The van der Waals surface area contributed by atoms with Crippen molar-refractivity contribution in [2.75, 3.05) is 0 Å². The Morgan fingerprint density at radius 3 is 2.91 bits per heavy atom. The van der Waals surface area contributed by atoms with Crippen molar-refractivity contribution in [1.29, 1.82) is 0 Å². The first-order chi connectivity index (χ1) is 11.1. The number of nitrogens with zero attached hydrogens (tertiary/aromatic N) is 4. The van der Waals surface area contributed by atoms with Gasteiger partial charge in [0.05, 0.1) is 11.3 Å². The lowest BCUT2D eigenvalue weighted by atomic mass is 9.82. The van der Waals surface area contributed by atoms with Crippen LogP contribution in [0, 0.1) is 6.92 Å². The number of carbonyl (C=O) groups excluding carboxylic acids is 1. The second kappa shape index (κ2) is 5.26. The number of benzene rings is 1. The summed E-state index contributed by atoms with van der Waals surface area (Å²) in [7, 11) is 0. The second-order valence-electron chi connectivity index (χ2n) is 6.17. The molecule has 0 aliphatic heterocycles. The molecule has 4 rings (SSSR count). The fourth-order valence-electron chi connectivity index (χ4n) is 3.24. The zero-order chi connectivity index (χ0) is 16.0. The smallest absolute Gasteiger partial charge is 0.252 e. The molecular formula is C18H18N4O. The molecule has 5 heteroatoms. The van der Waals surface area contributed by atoms with Gasteiger partial charge >= 0.3 is 0 Å². The van der Waals surface area contributed by atoms with Gasteiger partial charge in [0.1, 0.15) is 0 Å². The van der Waals surface area contributed by atoms with Crippen LogP contribution in [0.25, 0.3) is 5.78 Å². The van der Waals surface area contributed by atoms with E-state index in [1.165, 1.54) is 11.1 Å². The highest BCUT2D eigenvalue weighted by molar-refractivity contribution is 5.98. The number of rotatable bonds is 2. The number of Topliss-reactive ketones (excluding diaryl/α,β-unsaturated/α-hetero) is 1. The average molecular weight is 306 g/mol. The Hall–Kier alpha value is -2.56. The monoisotopic (exact) mass is 306 g/mol. The Bertz CT molecular complexity index is 913. The van der Waals surface area contributed by atoms with Gasteiger partial charge in [-0.15, -0.1) is 5.10 Å². The number of hydrogen-bond donors (Lipinski definition) is 0. The molecule has 5 nitrogen and oxygen atoms in total. The van der Waals surface area contributed by atoms with E-state index in [1.54, 1.807) is 10.7 Å². The molecule has 2 aromatic heterocycles. The first-order valence-electron chi connectivity index (χ1n) is 7.99. The van der Waals surface area contributed by atoms with E-state index in [0.717, 1.165) is 24.4 Å². The van der Waals surface area contributed by atoms with Crippen LogP contribution in [-0.4, -0.2) is 25.4 Å². The predicted molar refractivity (Wildman–Crippen MR) is 86.7 cm³/mol. The van der Waals surface area contributed by atoms with Gasteiger partial charge < -0.3 is 0 Å². The van der Waals surface area contributed by atoms with Gasteiger partial charge in [-0.3, -0.25) is 4.79 Å². The number of carbonyl (C=O) groups is 1. The summed E-state index contributed by atoms with van der Waals surface area (Å²) in [4.78, 5) is 21.6. The molecule has 0 spiro atoms. The maximum atomic E-state index is 12.6. The summed E-state index contributed by atoms with van der Waals surface area (Å²) in [6.07, 6.45) is 3.85. The summed E-state index contributed by atoms with van der Waals surface area (Å²) < 4.78 is 1.63. The number of ketones is 1. The van der Waals surface area contributed by atoms with Crippen LogP contribution in [0.4, 0.5) is 0 Å². The fourth-order valence-corrected chi connectivity index (χ4v) is 3.24. The van der Waals surface area contributed by atoms with Crippen LogP contribution in [0.5, 0.6) is 0 Å². The lowest BCUT2D eigenvalue weighted by Crippen LogP contribution is -2.21. The number of fused-ring (bicyclic) bond motifs is 2. The van der Waals surface area contributed by atoms with E-state index in [-0.39, 0.29) is 11.7 Å². The van der Waals surface area contributed by atoms with Crippen LogP contribution in [0.1, 0.15) is 52.3 Å². The molecule has 0 unspecified atom stereocenters. The van der Waals surface area contributed by atoms with Gasteiger partial charge in [0, 0.05) is 19.0 Å². The predicted octanol–water partition coefficient (Wildman–Crippen LogP) is 2.91. The standard InChI is InChI=1S/C18H18N4O/c1-3-17-20-18-19-15-8-13(12-6-4-5-11(2)7-12)9-16(23)14(15)10-22(18)21-17/h4-7,10,13H,3,8-9H2,1-2H3/t13-/m0/s1. The van der Waals surface area contributed by atoms with Crippen molar-refractivity contribution in [2.45, 2.75) is 39.0 Å². The quantitative estimate of drug-likeness (QED) is 0.730. The minimum atomic E-state index is 0.140. The van der Waals surface area contributed by atoms with E-state index in [9.17, 15) is 4.79 Å². The van der Waals surface area contributed by atoms with E-state index in [4.69, 9.17) is 0 Å². The van der Waals surface area contributed by atoms with Gasteiger partial charge in [-0.1, -0.05) is 36.8 Å². The molecule has 0 saturated heterocycles. The minimum Gasteiger partial charge on any atom is -0.294 e. The first-order valence-corrected chi connectivity index (χ1v) is 7.99. The van der Waals surface area contributed by atoms with Crippen molar-refractivity contribution in [3.63, 3.8) is 0 Å². The zero-order valence-electron chi connectivity index (χ0n) is 13.3. The number of aromatic nitrogens is 4. The minimum absolute atomic E-state index is 0.140. The molecule has 0 saturated carbocycles. The fraction of sp³-hybridized carbons (Fsp3) is 0.333. The zero-order valence-corrected chi connectivity index (χ0v) is 13.3. The van der Waals surface area contributed by atoms with Crippen LogP contribution in [-0.2, 0) is 12.8 Å². The van der Waals surface area contributed by atoms with Crippen molar-refractivity contribution >= 4 is 11.6 Å². The molecular weight excluding hydrogens is 288 g/mol. The highest BCUT2D eigenvalue weighted by atomic mass is 16.1. The summed E-state index contributed by atoms with van der Waals surface area (Å²) in [5, 5.41) is 4.35. The van der Waals surface area contributed by atoms with E-state index < -0.39 is 0 Å². The maximum Gasteiger partial charge on any atom is 0.252 e. The van der Waals surface area contributed by atoms with Crippen LogP contribution in [0.15, 0.2) is 30.5 Å². The Balaban J connectivity index is 1.77. The topological polar surface area (TPSA) is 60.1 Å². The molecule has 3 aromatic rings. The first kappa shape index (κ1) is 14.1. The van der Waals surface area contributed by atoms with Gasteiger partial charge in [-0.25, -0.2) is 9.50 Å². The summed E-state index contributed by atoms with van der Waals surface area (Å²) in [5.41, 5.74) is 3.96. The van der Waals surface area contributed by atoms with Crippen LogP contribution in [0.2, 0.25) is 0 Å². The molecule has 1 aliphatic carbocycles. The van der Waals surface area contributed by atoms with Gasteiger partial charge in [0.25, 0.3) is 5.78 Å². The molecule has 116 valence electrons. The molecule has 0 N–H and O–H groups in total. The second-order valence-corrected chi connectivity index (χ2v) is 6.17. The molecule has 2 heterocycles. The Kier molecular flexibility index (Phi) is 3.22. The van der Waals surface area contributed by atoms with Crippen molar-refractivity contribution in [1.82, 2.24) is 19.6 Å². The molecule has 0 bridgehead atoms. The van der Waals surface area contributed by atoms with Gasteiger partial charge in [-0.05, 0) is 24.8 Å².